The molecule has 0 saturated carbocycles. The van der Waals surface area contributed by atoms with E-state index in [1.165, 1.54) is 3.74 Å². The predicted octanol–water partition coefficient (Wildman–Crippen LogP) is 2.46. The van der Waals surface area contributed by atoms with Crippen LogP contribution in [0.3, 0.4) is 0 Å². The van der Waals surface area contributed by atoms with E-state index in [-0.39, 0.29) is 0 Å². The number of hydrogen-bond acceptors (Lipinski definition) is 0. The van der Waals surface area contributed by atoms with Gasteiger partial charge in [0.25, 0.3) is 0 Å². The van der Waals surface area contributed by atoms with Crippen molar-refractivity contribution in [1.29, 1.82) is 0 Å². The quantitative estimate of drug-likeness (QED) is 0.623. The van der Waals surface area contributed by atoms with Crippen LogP contribution in [0.4, 0.5) is 0 Å². The summed E-state index contributed by atoms with van der Waals surface area (Å²) in [6.45, 7) is 14.1. The Bertz CT molecular complexity index is 123. The van der Waals surface area contributed by atoms with Crippen molar-refractivity contribution in [2.75, 3.05) is 0 Å². The van der Waals surface area contributed by atoms with Crippen LogP contribution in [0.2, 0.25) is 39.3 Å². The van der Waals surface area contributed by atoms with Gasteiger partial charge in [-0.3, -0.25) is 0 Å². The van der Waals surface area contributed by atoms with Gasteiger partial charge in [-0.15, -0.1) is 0 Å². The van der Waals surface area contributed by atoms with E-state index in [2.05, 4.69) is 39.3 Å². The van der Waals surface area contributed by atoms with E-state index in [0.717, 1.165) is 0 Å². The van der Waals surface area contributed by atoms with Crippen molar-refractivity contribution in [1.82, 2.24) is 0 Å². The second-order valence-corrected chi connectivity index (χ2v) is 16.6. The molecule has 0 bridgehead atoms. The molecule has 0 atom stereocenters. The van der Waals surface area contributed by atoms with Crippen LogP contribution in [0, 0.1) is 0 Å². The van der Waals surface area contributed by atoms with Crippen LogP contribution >= 0.6 is 0 Å². The van der Waals surface area contributed by atoms with Crippen LogP contribution in [0.5, 0.6) is 0 Å². The van der Waals surface area contributed by atoms with Crippen LogP contribution in [-0.4, -0.2) is 19.9 Å². The monoisotopic (exact) mass is 216 g/mol. The Balaban J connectivity index is 4.40. The van der Waals surface area contributed by atoms with E-state index in [0.29, 0.717) is 0 Å². The molecule has 0 radical (unpaired) electrons. The van der Waals surface area contributed by atoms with E-state index >= 15 is 0 Å². The first-order valence-electron chi connectivity index (χ1n) is 3.66. The average molecular weight is 217 g/mol. The van der Waals surface area contributed by atoms with Crippen LogP contribution in [0.25, 0.3) is 0 Å². The molecule has 0 aliphatic rings. The average Bonchev–Trinajstić information content (AvgIpc) is 1.59. The molecule has 0 unspecified atom stereocenters. The first-order chi connectivity index (χ1) is 4.15. The molecule has 0 heterocycles. The topological polar surface area (TPSA) is 0 Å². The summed E-state index contributed by atoms with van der Waals surface area (Å²) in [5.74, 6) is 0. The van der Waals surface area contributed by atoms with Crippen molar-refractivity contribution >= 4 is 19.9 Å². The Morgan fingerprint density at radius 1 is 0.800 bits per heavy atom. The molecule has 10 heavy (non-hydrogen) atoms. The van der Waals surface area contributed by atoms with Gasteiger partial charge in [0, 0.05) is 0 Å². The standard InChI is InChI=1S/C7H18Si2.Ni/c1-8(2,3)7-9(4,5)6;/h1-6H3;. The maximum absolute atomic E-state index is 5.14. The van der Waals surface area contributed by atoms with Crippen molar-refractivity contribution in [3.8, 4) is 0 Å². The number of hydrogen-bond donors (Lipinski definition) is 0. The minimum absolute atomic E-state index is 1.08. The van der Waals surface area contributed by atoms with Crippen molar-refractivity contribution < 1.29 is 15.0 Å². The summed E-state index contributed by atoms with van der Waals surface area (Å²) < 4.78 is 1.47. The van der Waals surface area contributed by atoms with Gasteiger partial charge in [0.05, 0.1) is 0 Å². The zero-order chi connectivity index (χ0) is 8.58. The molecule has 0 aromatic heterocycles. The second kappa shape index (κ2) is 3.04. The van der Waals surface area contributed by atoms with E-state index < -0.39 is 16.1 Å². The molecule has 0 rings (SSSR count). The predicted molar refractivity (Wildman–Crippen MR) is 51.7 cm³/mol. The van der Waals surface area contributed by atoms with Gasteiger partial charge in [-0.2, -0.15) is 0 Å². The van der Waals surface area contributed by atoms with Gasteiger partial charge in [-0.05, 0) is 0 Å². The van der Waals surface area contributed by atoms with Gasteiger partial charge in [-0.25, -0.2) is 0 Å². The fourth-order valence-corrected chi connectivity index (χ4v) is 10.1. The van der Waals surface area contributed by atoms with Gasteiger partial charge in [0.15, 0.2) is 0 Å². The van der Waals surface area contributed by atoms with Gasteiger partial charge in [0.2, 0.25) is 0 Å². The third-order valence-corrected chi connectivity index (χ3v) is 12.6. The fourth-order valence-electron chi connectivity index (χ4n) is 1.12. The molecule has 0 aliphatic carbocycles. The van der Waals surface area contributed by atoms with Gasteiger partial charge < -0.3 is 0 Å². The summed E-state index contributed by atoms with van der Waals surface area (Å²) in [6.07, 6.45) is 0. The molecule has 0 nitrogen and oxygen atoms in total. The zero-order valence-electron chi connectivity index (χ0n) is 7.82. The molecule has 0 amide bonds. The Hall–Kier alpha value is 0.797. The van der Waals surface area contributed by atoms with E-state index in [9.17, 15) is 0 Å². The molecule has 64 valence electrons. The van der Waals surface area contributed by atoms with Crippen molar-refractivity contribution in [2.24, 2.45) is 0 Å². The van der Waals surface area contributed by atoms with Crippen LogP contribution < -0.4 is 0 Å². The van der Waals surface area contributed by atoms with Crippen molar-refractivity contribution in [3.05, 3.63) is 0 Å². The first-order valence-corrected chi connectivity index (χ1v) is 11.2. The molecule has 0 fully saturated rings. The molecule has 0 spiro atoms. The summed E-state index contributed by atoms with van der Waals surface area (Å²) in [4.78, 5) is 0. The molecule has 0 aromatic carbocycles. The summed E-state index contributed by atoms with van der Waals surface area (Å²) in [7, 11) is -2.17. The second-order valence-electron chi connectivity index (χ2n) is 4.78. The Morgan fingerprint density at radius 2 is 1.00 bits per heavy atom. The zero-order valence-corrected chi connectivity index (χ0v) is 10.8. The molecule has 0 saturated heterocycles. The summed E-state index contributed by atoms with van der Waals surface area (Å²) >= 11 is 5.14. The molecule has 0 aromatic rings. The summed E-state index contributed by atoms with van der Waals surface area (Å²) in [5, 5.41) is 0. The third kappa shape index (κ3) is 3.27. The van der Waals surface area contributed by atoms with Crippen molar-refractivity contribution in [2.45, 2.75) is 39.3 Å². The third-order valence-electron chi connectivity index (χ3n) is 1.22. The SMILES string of the molecule is C[Si](C)(C)[C](=[Ni])[Si](C)(C)C. The Labute approximate surface area is 74.3 Å². The normalized spacial score (nSPS) is 13.6. The fraction of sp³-hybridized carbons (Fsp3) is 0.857. The van der Waals surface area contributed by atoms with Gasteiger partial charge in [-0.1, -0.05) is 0 Å². The van der Waals surface area contributed by atoms with Crippen LogP contribution in [0.1, 0.15) is 0 Å². The van der Waals surface area contributed by atoms with E-state index in [1.807, 2.05) is 0 Å². The van der Waals surface area contributed by atoms with Crippen LogP contribution in [-0.2, 0) is 15.0 Å². The molecule has 0 aliphatic heterocycles. The molecule has 0 N–H and O–H groups in total. The maximum atomic E-state index is 5.14. The Morgan fingerprint density at radius 3 is 1.00 bits per heavy atom. The molecule has 3 heteroatoms. The summed E-state index contributed by atoms with van der Waals surface area (Å²) in [6, 6.07) is 0. The summed E-state index contributed by atoms with van der Waals surface area (Å²) in [5.41, 5.74) is 0. The van der Waals surface area contributed by atoms with Crippen LogP contribution in [0.15, 0.2) is 0 Å². The van der Waals surface area contributed by atoms with E-state index in [4.69, 9.17) is 15.0 Å². The van der Waals surface area contributed by atoms with E-state index in [1.54, 1.807) is 0 Å². The van der Waals surface area contributed by atoms with Gasteiger partial charge >= 0.3 is 74.2 Å². The molecular weight excluding hydrogens is 199 g/mol. The number of rotatable bonds is 2. The first kappa shape index (κ1) is 10.8. The van der Waals surface area contributed by atoms with Gasteiger partial charge in [0.1, 0.15) is 0 Å². The Kier molecular flexibility index (Phi) is 3.28. The minimum atomic E-state index is -1.08. The van der Waals surface area contributed by atoms with Crippen molar-refractivity contribution in [3.63, 3.8) is 0 Å². The molecular formula is C7H18NiSi2.